The SMILES string of the molecule is CN=C(NCCC(=O)N(C)C)NCCN(C(C)C)C(C)C.I. The first kappa shape index (κ1) is 23.7. The van der Waals surface area contributed by atoms with Crippen LogP contribution in [0.25, 0.3) is 0 Å². The molecule has 0 aromatic heterocycles. The van der Waals surface area contributed by atoms with Crippen molar-refractivity contribution in [3.63, 3.8) is 0 Å². The minimum Gasteiger partial charge on any atom is -0.356 e. The second-order valence-electron chi connectivity index (χ2n) is 5.89. The molecule has 0 saturated carbocycles. The van der Waals surface area contributed by atoms with Gasteiger partial charge in [0.25, 0.3) is 0 Å². The summed E-state index contributed by atoms with van der Waals surface area (Å²) >= 11 is 0. The zero-order chi connectivity index (χ0) is 16.4. The summed E-state index contributed by atoms with van der Waals surface area (Å²) in [6, 6.07) is 1.05. The third-order valence-corrected chi connectivity index (χ3v) is 3.34. The molecule has 0 atom stereocenters. The molecule has 0 unspecified atom stereocenters. The molecular formula is C15H34IN5O. The van der Waals surface area contributed by atoms with Gasteiger partial charge < -0.3 is 15.5 Å². The lowest BCUT2D eigenvalue weighted by molar-refractivity contribution is -0.128. The molecule has 0 aliphatic carbocycles. The highest BCUT2D eigenvalue weighted by molar-refractivity contribution is 14.0. The molecule has 0 aliphatic rings. The van der Waals surface area contributed by atoms with Gasteiger partial charge in [0, 0.05) is 59.3 Å². The second-order valence-corrected chi connectivity index (χ2v) is 5.89. The van der Waals surface area contributed by atoms with Gasteiger partial charge in [-0.15, -0.1) is 24.0 Å². The molecule has 0 rings (SSSR count). The standard InChI is InChI=1S/C15H33N5O.HI/c1-12(2)20(13(3)4)11-10-18-15(16-5)17-9-8-14(21)19(6)7;/h12-13H,8-11H2,1-7H3,(H2,16,17,18);1H. The number of nitrogens with zero attached hydrogens (tertiary/aromatic N) is 3. The van der Waals surface area contributed by atoms with Gasteiger partial charge in [-0.1, -0.05) is 0 Å². The van der Waals surface area contributed by atoms with Crippen LogP contribution in [0.4, 0.5) is 0 Å². The number of carbonyl (C=O) groups is 1. The Morgan fingerprint density at radius 3 is 1.95 bits per heavy atom. The van der Waals surface area contributed by atoms with Crippen molar-refractivity contribution in [1.29, 1.82) is 0 Å². The number of carbonyl (C=O) groups excluding carboxylic acids is 1. The number of hydrogen-bond donors (Lipinski definition) is 2. The number of aliphatic imine (C=N–C) groups is 1. The van der Waals surface area contributed by atoms with Crippen molar-refractivity contribution in [3.05, 3.63) is 0 Å². The van der Waals surface area contributed by atoms with Crippen LogP contribution in [0.15, 0.2) is 4.99 Å². The Morgan fingerprint density at radius 1 is 1.05 bits per heavy atom. The summed E-state index contributed by atoms with van der Waals surface area (Å²) in [6.07, 6.45) is 0.470. The summed E-state index contributed by atoms with van der Waals surface area (Å²) in [5.74, 6) is 0.859. The number of rotatable bonds is 8. The van der Waals surface area contributed by atoms with Gasteiger partial charge in [0.1, 0.15) is 0 Å². The number of amides is 1. The van der Waals surface area contributed by atoms with Crippen molar-refractivity contribution in [3.8, 4) is 0 Å². The minimum absolute atomic E-state index is 0. The first-order chi connectivity index (χ1) is 9.79. The zero-order valence-electron chi connectivity index (χ0n) is 15.1. The van der Waals surface area contributed by atoms with Gasteiger partial charge in [0.15, 0.2) is 5.96 Å². The maximum absolute atomic E-state index is 11.5. The maximum Gasteiger partial charge on any atom is 0.223 e. The average molecular weight is 427 g/mol. The van der Waals surface area contributed by atoms with Crippen LogP contribution in [0.1, 0.15) is 34.1 Å². The van der Waals surface area contributed by atoms with Crippen LogP contribution in [0.2, 0.25) is 0 Å². The highest BCUT2D eigenvalue weighted by atomic mass is 127. The van der Waals surface area contributed by atoms with E-state index in [0.29, 0.717) is 25.0 Å². The molecule has 0 aromatic rings. The van der Waals surface area contributed by atoms with Gasteiger partial charge in [-0.25, -0.2) is 0 Å². The van der Waals surface area contributed by atoms with E-state index in [9.17, 15) is 4.79 Å². The molecule has 0 spiro atoms. The van der Waals surface area contributed by atoms with E-state index in [0.717, 1.165) is 19.0 Å². The molecule has 22 heavy (non-hydrogen) atoms. The molecular weight excluding hydrogens is 393 g/mol. The van der Waals surface area contributed by atoms with E-state index in [-0.39, 0.29) is 29.9 Å². The Labute approximate surface area is 153 Å². The zero-order valence-corrected chi connectivity index (χ0v) is 17.5. The largest absolute Gasteiger partial charge is 0.356 e. The van der Waals surface area contributed by atoms with Crippen LogP contribution in [-0.4, -0.2) is 74.5 Å². The van der Waals surface area contributed by atoms with Crippen LogP contribution in [-0.2, 0) is 4.79 Å². The predicted molar refractivity (Wildman–Crippen MR) is 105 cm³/mol. The third-order valence-electron chi connectivity index (χ3n) is 3.34. The highest BCUT2D eigenvalue weighted by Gasteiger charge is 2.12. The lowest BCUT2D eigenvalue weighted by atomic mass is 10.2. The predicted octanol–water partition coefficient (Wildman–Crippen LogP) is 1.37. The van der Waals surface area contributed by atoms with Crippen LogP contribution in [0, 0.1) is 0 Å². The van der Waals surface area contributed by atoms with Crippen molar-refractivity contribution < 1.29 is 4.79 Å². The van der Waals surface area contributed by atoms with Crippen molar-refractivity contribution >= 4 is 35.8 Å². The lowest BCUT2D eigenvalue weighted by Crippen LogP contribution is -2.45. The number of halogens is 1. The maximum atomic E-state index is 11.5. The van der Waals surface area contributed by atoms with Crippen LogP contribution >= 0.6 is 24.0 Å². The smallest absolute Gasteiger partial charge is 0.223 e. The highest BCUT2D eigenvalue weighted by Crippen LogP contribution is 2.03. The fraction of sp³-hybridized carbons (Fsp3) is 0.867. The molecule has 6 nitrogen and oxygen atoms in total. The quantitative estimate of drug-likeness (QED) is 0.349. The topological polar surface area (TPSA) is 60.0 Å². The molecule has 0 heterocycles. The van der Waals surface area contributed by atoms with E-state index < -0.39 is 0 Å². The molecule has 0 bridgehead atoms. The molecule has 0 fully saturated rings. The Morgan fingerprint density at radius 2 is 1.55 bits per heavy atom. The molecule has 0 radical (unpaired) electrons. The van der Waals surface area contributed by atoms with Crippen LogP contribution < -0.4 is 10.6 Å². The van der Waals surface area contributed by atoms with E-state index in [1.165, 1.54) is 0 Å². The summed E-state index contributed by atoms with van der Waals surface area (Å²) < 4.78 is 0. The Balaban J connectivity index is 0. The van der Waals surface area contributed by atoms with Crippen molar-refractivity contribution in [2.75, 3.05) is 40.8 Å². The lowest BCUT2D eigenvalue weighted by Gasteiger charge is -2.30. The summed E-state index contributed by atoms with van der Waals surface area (Å²) in [7, 11) is 5.27. The fourth-order valence-electron chi connectivity index (χ4n) is 2.15. The molecule has 0 aliphatic heterocycles. The summed E-state index contributed by atoms with van der Waals surface area (Å²) in [5, 5.41) is 6.45. The number of hydrogen-bond acceptors (Lipinski definition) is 3. The number of nitrogens with one attached hydrogen (secondary N) is 2. The molecule has 0 aromatic carbocycles. The van der Waals surface area contributed by atoms with Gasteiger partial charge in [-0.3, -0.25) is 14.7 Å². The van der Waals surface area contributed by atoms with E-state index in [1.807, 2.05) is 0 Å². The third kappa shape index (κ3) is 10.2. The normalized spacial score (nSPS) is 11.6. The average Bonchev–Trinajstić information content (AvgIpc) is 2.39. The first-order valence-corrected chi connectivity index (χ1v) is 7.70. The van der Waals surface area contributed by atoms with Crippen LogP contribution in [0.3, 0.4) is 0 Å². The van der Waals surface area contributed by atoms with Crippen molar-refractivity contribution in [1.82, 2.24) is 20.4 Å². The van der Waals surface area contributed by atoms with E-state index in [4.69, 9.17) is 0 Å². The monoisotopic (exact) mass is 427 g/mol. The molecule has 1 amide bonds. The fourth-order valence-corrected chi connectivity index (χ4v) is 2.15. The van der Waals surface area contributed by atoms with Crippen molar-refractivity contribution in [2.24, 2.45) is 4.99 Å². The molecule has 7 heteroatoms. The van der Waals surface area contributed by atoms with E-state index >= 15 is 0 Å². The summed E-state index contributed by atoms with van der Waals surface area (Å²) in [4.78, 5) is 19.7. The van der Waals surface area contributed by atoms with Crippen molar-refractivity contribution in [2.45, 2.75) is 46.2 Å². The van der Waals surface area contributed by atoms with Crippen LogP contribution in [0.5, 0.6) is 0 Å². The van der Waals surface area contributed by atoms with E-state index in [1.54, 1.807) is 26.0 Å². The Bertz CT molecular complexity index is 324. The summed E-state index contributed by atoms with van der Waals surface area (Å²) in [6.45, 7) is 11.2. The van der Waals surface area contributed by atoms with Gasteiger partial charge >= 0.3 is 0 Å². The second kappa shape index (κ2) is 12.9. The minimum atomic E-state index is 0. The molecule has 132 valence electrons. The Kier molecular flexibility index (Phi) is 13.9. The molecule has 0 saturated heterocycles. The van der Waals surface area contributed by atoms with Gasteiger partial charge in [-0.05, 0) is 27.7 Å². The summed E-state index contributed by atoms with van der Waals surface area (Å²) in [5.41, 5.74) is 0. The number of guanidine groups is 1. The Hall–Kier alpha value is -0.570. The van der Waals surface area contributed by atoms with E-state index in [2.05, 4.69) is 48.2 Å². The molecule has 2 N–H and O–H groups in total. The first-order valence-electron chi connectivity index (χ1n) is 7.70. The van der Waals surface area contributed by atoms with Gasteiger partial charge in [0.05, 0.1) is 0 Å². The van der Waals surface area contributed by atoms with Gasteiger partial charge in [0.2, 0.25) is 5.91 Å². The van der Waals surface area contributed by atoms with Gasteiger partial charge in [-0.2, -0.15) is 0 Å².